The summed E-state index contributed by atoms with van der Waals surface area (Å²) in [6.45, 7) is 1.33. The Morgan fingerprint density at radius 1 is 1.07 bits per heavy atom. The van der Waals surface area contributed by atoms with Gasteiger partial charge in [-0.3, -0.25) is 24.1 Å². The lowest BCUT2D eigenvalue weighted by Crippen LogP contribution is -2.42. The standard InChI is InChI=1S/C20H24N2O5/c1-13-7-9-14(10-8-13)21(2)17(23)12-27-18(24)11-22-19(25)15-5-3-4-6-16(15)20(22)26/h3-6,13-14H,7-12H2,1-2H3. The molecule has 1 heterocycles. The van der Waals surface area contributed by atoms with E-state index in [4.69, 9.17) is 4.74 Å². The average molecular weight is 372 g/mol. The molecule has 1 aromatic rings. The number of esters is 1. The highest BCUT2D eigenvalue weighted by molar-refractivity contribution is 6.22. The molecule has 1 saturated carbocycles. The number of likely N-dealkylation sites (N-methyl/N-ethyl adjacent to an activating group) is 1. The number of ether oxygens (including phenoxy) is 1. The number of amides is 3. The van der Waals surface area contributed by atoms with Crippen molar-refractivity contribution >= 4 is 23.7 Å². The van der Waals surface area contributed by atoms with E-state index in [2.05, 4.69) is 6.92 Å². The summed E-state index contributed by atoms with van der Waals surface area (Å²) in [5, 5.41) is 0. The third-order valence-corrected chi connectivity index (χ3v) is 5.45. The van der Waals surface area contributed by atoms with Gasteiger partial charge in [0.25, 0.3) is 17.7 Å². The fraction of sp³-hybridized carbons (Fsp3) is 0.500. The number of rotatable bonds is 5. The van der Waals surface area contributed by atoms with Crippen LogP contribution in [0.4, 0.5) is 0 Å². The van der Waals surface area contributed by atoms with E-state index in [1.165, 1.54) is 0 Å². The summed E-state index contributed by atoms with van der Waals surface area (Å²) in [5.74, 6) is -1.41. The van der Waals surface area contributed by atoms with Crippen LogP contribution in [-0.2, 0) is 14.3 Å². The first-order valence-corrected chi connectivity index (χ1v) is 9.25. The van der Waals surface area contributed by atoms with Gasteiger partial charge < -0.3 is 9.64 Å². The van der Waals surface area contributed by atoms with Crippen LogP contribution >= 0.6 is 0 Å². The van der Waals surface area contributed by atoms with Gasteiger partial charge in [-0.2, -0.15) is 0 Å². The SMILES string of the molecule is CC1CCC(N(C)C(=O)COC(=O)CN2C(=O)c3ccccc3C2=O)CC1. The topological polar surface area (TPSA) is 84.0 Å². The Morgan fingerprint density at radius 3 is 2.19 bits per heavy atom. The minimum absolute atomic E-state index is 0.170. The fourth-order valence-corrected chi connectivity index (χ4v) is 3.63. The number of fused-ring (bicyclic) bond motifs is 1. The van der Waals surface area contributed by atoms with Gasteiger partial charge in [0.15, 0.2) is 6.61 Å². The zero-order chi connectivity index (χ0) is 19.6. The van der Waals surface area contributed by atoms with Gasteiger partial charge in [0.05, 0.1) is 11.1 Å². The molecule has 3 rings (SSSR count). The zero-order valence-corrected chi connectivity index (χ0v) is 15.6. The lowest BCUT2D eigenvalue weighted by Gasteiger charge is -2.33. The molecular formula is C20H24N2O5. The van der Waals surface area contributed by atoms with Crippen molar-refractivity contribution < 1.29 is 23.9 Å². The molecule has 0 spiro atoms. The van der Waals surface area contributed by atoms with E-state index in [9.17, 15) is 19.2 Å². The van der Waals surface area contributed by atoms with Crippen molar-refractivity contribution in [2.75, 3.05) is 20.2 Å². The van der Waals surface area contributed by atoms with E-state index >= 15 is 0 Å². The van der Waals surface area contributed by atoms with Gasteiger partial charge >= 0.3 is 5.97 Å². The van der Waals surface area contributed by atoms with Crippen LogP contribution in [-0.4, -0.2) is 59.7 Å². The normalized spacial score (nSPS) is 21.8. The molecule has 0 N–H and O–H groups in total. The Bertz CT molecular complexity index is 732. The molecule has 0 bridgehead atoms. The van der Waals surface area contributed by atoms with Crippen molar-refractivity contribution in [3.63, 3.8) is 0 Å². The Balaban J connectivity index is 1.49. The summed E-state index contributed by atoms with van der Waals surface area (Å²) in [7, 11) is 1.72. The van der Waals surface area contributed by atoms with E-state index in [0.717, 1.165) is 30.6 Å². The molecule has 2 aliphatic rings. The van der Waals surface area contributed by atoms with Gasteiger partial charge in [-0.05, 0) is 43.7 Å². The van der Waals surface area contributed by atoms with Crippen molar-refractivity contribution in [2.24, 2.45) is 5.92 Å². The van der Waals surface area contributed by atoms with Crippen LogP contribution in [0.3, 0.4) is 0 Å². The van der Waals surface area contributed by atoms with E-state index in [0.29, 0.717) is 5.92 Å². The van der Waals surface area contributed by atoms with Crippen LogP contribution in [0.2, 0.25) is 0 Å². The molecule has 0 saturated heterocycles. The van der Waals surface area contributed by atoms with Gasteiger partial charge in [0.1, 0.15) is 6.54 Å². The first kappa shape index (κ1) is 19.1. The first-order valence-electron chi connectivity index (χ1n) is 9.25. The molecule has 0 radical (unpaired) electrons. The Kier molecular flexibility index (Phi) is 5.58. The van der Waals surface area contributed by atoms with Gasteiger partial charge in [-0.1, -0.05) is 19.1 Å². The van der Waals surface area contributed by atoms with Crippen LogP contribution < -0.4 is 0 Å². The molecule has 7 nitrogen and oxygen atoms in total. The number of benzene rings is 1. The maximum Gasteiger partial charge on any atom is 0.326 e. The summed E-state index contributed by atoms with van der Waals surface area (Å²) >= 11 is 0. The predicted molar refractivity (Wildman–Crippen MR) is 97.0 cm³/mol. The highest BCUT2D eigenvalue weighted by Crippen LogP contribution is 2.26. The number of imide groups is 1. The Morgan fingerprint density at radius 2 is 1.63 bits per heavy atom. The third-order valence-electron chi connectivity index (χ3n) is 5.45. The molecule has 0 aromatic heterocycles. The quantitative estimate of drug-likeness (QED) is 0.582. The molecule has 1 aromatic carbocycles. The third kappa shape index (κ3) is 4.02. The lowest BCUT2D eigenvalue weighted by atomic mass is 9.87. The van der Waals surface area contributed by atoms with Crippen molar-refractivity contribution in [1.82, 2.24) is 9.80 Å². The minimum Gasteiger partial charge on any atom is -0.454 e. The van der Waals surface area contributed by atoms with E-state index < -0.39 is 24.3 Å². The van der Waals surface area contributed by atoms with Gasteiger partial charge in [-0.15, -0.1) is 0 Å². The van der Waals surface area contributed by atoms with Crippen molar-refractivity contribution in [2.45, 2.75) is 38.6 Å². The predicted octanol–water partition coefficient (Wildman–Crippen LogP) is 1.86. The molecule has 27 heavy (non-hydrogen) atoms. The van der Waals surface area contributed by atoms with E-state index in [1.807, 2.05) is 0 Å². The molecule has 0 atom stereocenters. The fourth-order valence-electron chi connectivity index (χ4n) is 3.63. The van der Waals surface area contributed by atoms with Gasteiger partial charge in [0.2, 0.25) is 0 Å². The maximum absolute atomic E-state index is 12.3. The van der Waals surface area contributed by atoms with Crippen LogP contribution in [0.25, 0.3) is 0 Å². The number of nitrogens with zero attached hydrogens (tertiary/aromatic N) is 2. The number of hydrogen-bond acceptors (Lipinski definition) is 5. The van der Waals surface area contributed by atoms with E-state index in [-0.39, 0.29) is 29.7 Å². The Labute approximate surface area is 158 Å². The van der Waals surface area contributed by atoms with Crippen LogP contribution in [0, 0.1) is 5.92 Å². The second-order valence-electron chi connectivity index (χ2n) is 7.32. The second kappa shape index (κ2) is 7.90. The highest BCUT2D eigenvalue weighted by atomic mass is 16.5. The molecule has 7 heteroatoms. The summed E-state index contributed by atoms with van der Waals surface area (Å²) in [4.78, 5) is 51.3. The zero-order valence-electron chi connectivity index (χ0n) is 15.6. The number of carbonyl (C=O) groups excluding carboxylic acids is 4. The molecule has 0 unspecified atom stereocenters. The lowest BCUT2D eigenvalue weighted by molar-refractivity contribution is -0.152. The smallest absolute Gasteiger partial charge is 0.326 e. The summed E-state index contributed by atoms with van der Waals surface area (Å²) in [6, 6.07) is 6.58. The molecule has 1 aliphatic heterocycles. The number of carbonyl (C=O) groups is 4. The van der Waals surface area contributed by atoms with E-state index in [1.54, 1.807) is 36.2 Å². The summed E-state index contributed by atoms with van der Waals surface area (Å²) in [6.07, 6.45) is 4.07. The van der Waals surface area contributed by atoms with Crippen LogP contribution in [0.15, 0.2) is 24.3 Å². The highest BCUT2D eigenvalue weighted by Gasteiger charge is 2.36. The first-order chi connectivity index (χ1) is 12.9. The summed E-state index contributed by atoms with van der Waals surface area (Å²) in [5.41, 5.74) is 0.551. The number of hydrogen-bond donors (Lipinski definition) is 0. The Hall–Kier alpha value is -2.70. The van der Waals surface area contributed by atoms with Crippen LogP contribution in [0.5, 0.6) is 0 Å². The van der Waals surface area contributed by atoms with Crippen molar-refractivity contribution in [3.8, 4) is 0 Å². The average Bonchev–Trinajstić information content (AvgIpc) is 2.91. The maximum atomic E-state index is 12.3. The molecule has 1 aliphatic carbocycles. The second-order valence-corrected chi connectivity index (χ2v) is 7.32. The van der Waals surface area contributed by atoms with Crippen molar-refractivity contribution in [3.05, 3.63) is 35.4 Å². The minimum atomic E-state index is -0.775. The van der Waals surface area contributed by atoms with Gasteiger partial charge in [-0.25, -0.2) is 0 Å². The molecule has 144 valence electrons. The molecular weight excluding hydrogens is 348 g/mol. The summed E-state index contributed by atoms with van der Waals surface area (Å²) < 4.78 is 5.02. The monoisotopic (exact) mass is 372 g/mol. The molecule has 1 fully saturated rings. The largest absolute Gasteiger partial charge is 0.454 e. The van der Waals surface area contributed by atoms with Crippen LogP contribution in [0.1, 0.15) is 53.3 Å². The van der Waals surface area contributed by atoms with Crippen molar-refractivity contribution in [1.29, 1.82) is 0 Å². The van der Waals surface area contributed by atoms with Gasteiger partial charge in [0, 0.05) is 13.1 Å². The molecule has 3 amide bonds.